The van der Waals surface area contributed by atoms with Gasteiger partial charge in [-0.1, -0.05) is 36.2 Å². The molecule has 0 saturated carbocycles. The van der Waals surface area contributed by atoms with Crippen molar-refractivity contribution in [3.05, 3.63) is 48.5 Å². The first kappa shape index (κ1) is 21.4. The minimum atomic E-state index is -0.202. The standard InChI is InChI=1S/C23H30N2O3S/c1-17(2)28-23(26)25-14-12-18(13-15-25)16-27-22-10-6-20(7-11-22)19-4-8-21(9-5-19)24-29-3/h4-11,17-18,24H,12-16H2,1-3H3. The lowest BCUT2D eigenvalue weighted by Gasteiger charge is -2.31. The van der Waals surface area contributed by atoms with Crippen LogP contribution in [0, 0.1) is 5.92 Å². The molecule has 0 unspecified atom stereocenters. The molecule has 2 aromatic rings. The zero-order valence-electron chi connectivity index (χ0n) is 17.4. The molecule has 29 heavy (non-hydrogen) atoms. The summed E-state index contributed by atoms with van der Waals surface area (Å²) in [6.07, 6.45) is 3.63. The summed E-state index contributed by atoms with van der Waals surface area (Å²) < 4.78 is 14.5. The minimum absolute atomic E-state index is 0.0727. The summed E-state index contributed by atoms with van der Waals surface area (Å²) in [6, 6.07) is 16.6. The smallest absolute Gasteiger partial charge is 0.410 e. The van der Waals surface area contributed by atoms with E-state index in [2.05, 4.69) is 41.1 Å². The number of rotatable bonds is 7. The van der Waals surface area contributed by atoms with E-state index in [0.717, 1.165) is 37.4 Å². The lowest BCUT2D eigenvalue weighted by Crippen LogP contribution is -2.40. The number of amides is 1. The van der Waals surface area contributed by atoms with Gasteiger partial charge in [-0.2, -0.15) is 0 Å². The Hall–Kier alpha value is -2.34. The third-order valence-corrected chi connectivity index (χ3v) is 5.43. The molecule has 1 heterocycles. The van der Waals surface area contributed by atoms with Crippen LogP contribution < -0.4 is 9.46 Å². The van der Waals surface area contributed by atoms with Crippen LogP contribution >= 0.6 is 11.9 Å². The van der Waals surface area contributed by atoms with Gasteiger partial charge >= 0.3 is 6.09 Å². The summed E-state index contributed by atoms with van der Waals surface area (Å²) >= 11 is 1.59. The van der Waals surface area contributed by atoms with E-state index in [0.29, 0.717) is 12.5 Å². The van der Waals surface area contributed by atoms with Crippen molar-refractivity contribution in [2.45, 2.75) is 32.8 Å². The van der Waals surface area contributed by atoms with E-state index >= 15 is 0 Å². The maximum Gasteiger partial charge on any atom is 0.410 e. The highest BCUT2D eigenvalue weighted by atomic mass is 32.2. The van der Waals surface area contributed by atoms with Gasteiger partial charge in [0.25, 0.3) is 0 Å². The van der Waals surface area contributed by atoms with E-state index in [9.17, 15) is 4.79 Å². The Labute approximate surface area is 177 Å². The van der Waals surface area contributed by atoms with Crippen molar-refractivity contribution in [3.63, 3.8) is 0 Å². The average Bonchev–Trinajstić information content (AvgIpc) is 2.73. The zero-order valence-corrected chi connectivity index (χ0v) is 18.2. The third-order valence-electron chi connectivity index (χ3n) is 4.99. The van der Waals surface area contributed by atoms with Crippen LogP contribution in [-0.2, 0) is 4.74 Å². The first-order valence-corrected chi connectivity index (χ1v) is 11.4. The van der Waals surface area contributed by atoms with Crippen molar-refractivity contribution in [2.75, 3.05) is 30.7 Å². The van der Waals surface area contributed by atoms with Crippen molar-refractivity contribution in [2.24, 2.45) is 5.92 Å². The Morgan fingerprint density at radius 1 is 1.07 bits per heavy atom. The summed E-state index contributed by atoms with van der Waals surface area (Å²) in [5.74, 6) is 1.35. The molecule has 1 saturated heterocycles. The van der Waals surface area contributed by atoms with Crippen LogP contribution in [0.3, 0.4) is 0 Å². The number of piperidine rings is 1. The summed E-state index contributed by atoms with van der Waals surface area (Å²) in [6.45, 7) is 5.91. The quantitative estimate of drug-likeness (QED) is 0.591. The molecule has 0 spiro atoms. The molecule has 3 rings (SSSR count). The van der Waals surface area contributed by atoms with Gasteiger partial charge in [-0.25, -0.2) is 4.79 Å². The van der Waals surface area contributed by atoms with Crippen LogP contribution in [0.25, 0.3) is 11.1 Å². The highest BCUT2D eigenvalue weighted by molar-refractivity contribution is 7.99. The van der Waals surface area contributed by atoms with Gasteiger partial charge in [-0.3, -0.25) is 0 Å². The number of ether oxygens (including phenoxy) is 2. The van der Waals surface area contributed by atoms with Gasteiger partial charge in [0.1, 0.15) is 5.75 Å². The SMILES string of the molecule is CSNc1ccc(-c2ccc(OCC3CCN(C(=O)OC(C)C)CC3)cc2)cc1. The first-order chi connectivity index (χ1) is 14.0. The van der Waals surface area contributed by atoms with Gasteiger partial charge in [0.2, 0.25) is 0 Å². The lowest BCUT2D eigenvalue weighted by atomic mass is 9.98. The third kappa shape index (κ3) is 6.32. The minimum Gasteiger partial charge on any atom is -0.493 e. The van der Waals surface area contributed by atoms with Gasteiger partial charge in [-0.05, 0) is 68.0 Å². The Kier molecular flexibility index (Phi) is 7.69. The molecule has 1 N–H and O–H groups in total. The molecule has 1 amide bonds. The fraction of sp³-hybridized carbons (Fsp3) is 0.435. The Morgan fingerprint density at radius 3 is 2.21 bits per heavy atom. The number of carbonyl (C=O) groups is 1. The number of nitrogens with zero attached hydrogens (tertiary/aromatic N) is 1. The molecule has 0 atom stereocenters. The van der Waals surface area contributed by atoms with Gasteiger partial charge in [0.05, 0.1) is 12.7 Å². The summed E-state index contributed by atoms with van der Waals surface area (Å²) in [5, 5.41) is 0. The molecule has 2 aromatic carbocycles. The summed E-state index contributed by atoms with van der Waals surface area (Å²) in [5.41, 5.74) is 3.46. The number of hydrogen-bond donors (Lipinski definition) is 1. The van der Waals surface area contributed by atoms with E-state index in [1.165, 1.54) is 11.1 Å². The fourth-order valence-corrected chi connectivity index (χ4v) is 3.74. The second-order valence-electron chi connectivity index (χ2n) is 7.58. The van der Waals surface area contributed by atoms with Gasteiger partial charge in [0, 0.05) is 25.0 Å². The number of likely N-dealkylation sites (tertiary alicyclic amines) is 1. The predicted molar refractivity (Wildman–Crippen MR) is 120 cm³/mol. The molecule has 5 nitrogen and oxygen atoms in total. The largest absolute Gasteiger partial charge is 0.493 e. The second kappa shape index (κ2) is 10.4. The zero-order chi connectivity index (χ0) is 20.6. The van der Waals surface area contributed by atoms with Crippen molar-refractivity contribution in [3.8, 4) is 16.9 Å². The van der Waals surface area contributed by atoms with Crippen LogP contribution in [0.5, 0.6) is 5.75 Å². The van der Waals surface area contributed by atoms with Crippen molar-refractivity contribution in [1.82, 2.24) is 4.90 Å². The van der Waals surface area contributed by atoms with E-state index in [1.54, 1.807) is 16.8 Å². The summed E-state index contributed by atoms with van der Waals surface area (Å²) in [7, 11) is 0. The molecule has 1 aliphatic rings. The number of anilines is 1. The molecule has 0 aliphatic carbocycles. The number of benzene rings is 2. The van der Waals surface area contributed by atoms with Crippen LogP contribution in [0.15, 0.2) is 48.5 Å². The number of hydrogen-bond acceptors (Lipinski definition) is 5. The number of nitrogens with one attached hydrogen (secondary N) is 1. The van der Waals surface area contributed by atoms with Crippen LogP contribution in [-0.4, -0.2) is 43.0 Å². The van der Waals surface area contributed by atoms with Crippen molar-refractivity contribution >= 4 is 23.7 Å². The predicted octanol–water partition coefficient (Wildman–Crippen LogP) is 5.68. The van der Waals surface area contributed by atoms with E-state index < -0.39 is 0 Å². The van der Waals surface area contributed by atoms with Crippen LogP contribution in [0.1, 0.15) is 26.7 Å². The lowest BCUT2D eigenvalue weighted by molar-refractivity contribution is 0.0608. The Bertz CT molecular complexity index is 770. The topological polar surface area (TPSA) is 50.8 Å². The molecule has 6 heteroatoms. The molecule has 1 fully saturated rings. The maximum atomic E-state index is 12.0. The number of carbonyl (C=O) groups excluding carboxylic acids is 1. The van der Waals surface area contributed by atoms with Crippen LogP contribution in [0.4, 0.5) is 10.5 Å². The highest BCUT2D eigenvalue weighted by Gasteiger charge is 2.24. The molecule has 156 valence electrons. The Balaban J connectivity index is 1.45. The molecular weight excluding hydrogens is 384 g/mol. The van der Waals surface area contributed by atoms with Gasteiger partial charge in [0.15, 0.2) is 0 Å². The van der Waals surface area contributed by atoms with Gasteiger partial charge < -0.3 is 19.1 Å². The molecule has 0 radical (unpaired) electrons. The normalized spacial score (nSPS) is 14.7. The Morgan fingerprint density at radius 2 is 1.66 bits per heavy atom. The van der Waals surface area contributed by atoms with Crippen LogP contribution in [0.2, 0.25) is 0 Å². The van der Waals surface area contributed by atoms with Crippen molar-refractivity contribution in [1.29, 1.82) is 0 Å². The fourth-order valence-electron chi connectivity index (χ4n) is 3.36. The van der Waals surface area contributed by atoms with Gasteiger partial charge in [-0.15, -0.1) is 0 Å². The summed E-state index contributed by atoms with van der Waals surface area (Å²) in [4.78, 5) is 13.8. The molecule has 1 aliphatic heterocycles. The van der Waals surface area contributed by atoms with E-state index in [1.807, 2.05) is 32.2 Å². The first-order valence-electron chi connectivity index (χ1n) is 10.1. The second-order valence-corrected chi connectivity index (χ2v) is 8.19. The average molecular weight is 415 g/mol. The maximum absolute atomic E-state index is 12.0. The van der Waals surface area contributed by atoms with E-state index in [-0.39, 0.29) is 12.2 Å². The van der Waals surface area contributed by atoms with E-state index in [4.69, 9.17) is 9.47 Å². The highest BCUT2D eigenvalue weighted by Crippen LogP contribution is 2.25. The molecule has 0 aromatic heterocycles. The molecule has 0 bridgehead atoms. The monoisotopic (exact) mass is 414 g/mol. The van der Waals surface area contributed by atoms with Crippen molar-refractivity contribution < 1.29 is 14.3 Å². The molecular formula is C23H30N2O3S.